The standard InChI is InChI=1S/C21H24N2O6/c1-4-27-17-11-10-16(12-18(17)28-5-2)22-21(26)23-19(24)13-29-20(25)15-8-6-14(3)7-9-15/h6-12H,4-5,13H2,1-3H3,(H2,22,23,24,26). The van der Waals surface area contributed by atoms with Crippen LogP contribution in [0.25, 0.3) is 0 Å². The molecule has 0 saturated heterocycles. The van der Waals surface area contributed by atoms with Crippen molar-refractivity contribution in [2.75, 3.05) is 25.1 Å². The molecule has 0 aromatic heterocycles. The van der Waals surface area contributed by atoms with Gasteiger partial charge in [0.15, 0.2) is 18.1 Å². The number of benzene rings is 2. The van der Waals surface area contributed by atoms with Crippen molar-refractivity contribution < 1.29 is 28.6 Å². The number of nitrogens with one attached hydrogen (secondary N) is 2. The molecule has 2 aromatic carbocycles. The fraction of sp³-hybridized carbons (Fsp3) is 0.286. The minimum absolute atomic E-state index is 0.325. The molecule has 3 amide bonds. The number of imide groups is 1. The molecule has 2 aromatic rings. The maximum absolute atomic E-state index is 12.0. The van der Waals surface area contributed by atoms with Crippen molar-refractivity contribution in [3.63, 3.8) is 0 Å². The third-order valence-electron chi connectivity index (χ3n) is 3.68. The SMILES string of the molecule is CCOc1ccc(NC(=O)NC(=O)COC(=O)c2ccc(C)cc2)cc1OCC. The molecule has 0 spiro atoms. The Morgan fingerprint density at radius 3 is 2.21 bits per heavy atom. The number of hydrogen-bond donors (Lipinski definition) is 2. The van der Waals surface area contributed by atoms with Gasteiger partial charge in [-0.25, -0.2) is 9.59 Å². The van der Waals surface area contributed by atoms with Crippen LogP contribution in [0.5, 0.6) is 11.5 Å². The molecule has 0 heterocycles. The second kappa shape index (κ2) is 10.7. The van der Waals surface area contributed by atoms with Crippen LogP contribution in [0.15, 0.2) is 42.5 Å². The average Bonchev–Trinajstić information content (AvgIpc) is 2.69. The molecule has 0 fully saturated rings. The number of aryl methyl sites for hydroxylation is 1. The van der Waals surface area contributed by atoms with Crippen LogP contribution < -0.4 is 20.1 Å². The summed E-state index contributed by atoms with van der Waals surface area (Å²) in [6, 6.07) is 10.8. The second-order valence-corrected chi connectivity index (χ2v) is 5.97. The van der Waals surface area contributed by atoms with Crippen molar-refractivity contribution in [1.82, 2.24) is 5.32 Å². The lowest BCUT2D eigenvalue weighted by Gasteiger charge is -2.13. The number of urea groups is 1. The molecule has 154 valence electrons. The fourth-order valence-corrected chi connectivity index (χ4v) is 2.36. The van der Waals surface area contributed by atoms with E-state index in [0.29, 0.717) is 36.0 Å². The number of esters is 1. The second-order valence-electron chi connectivity index (χ2n) is 5.97. The summed E-state index contributed by atoms with van der Waals surface area (Å²) in [4.78, 5) is 35.7. The highest BCUT2D eigenvalue weighted by molar-refractivity contribution is 6.02. The first kappa shape index (κ1) is 21.7. The Morgan fingerprint density at radius 1 is 0.897 bits per heavy atom. The van der Waals surface area contributed by atoms with Crippen LogP contribution >= 0.6 is 0 Å². The Labute approximate surface area is 169 Å². The van der Waals surface area contributed by atoms with E-state index < -0.39 is 24.5 Å². The third-order valence-corrected chi connectivity index (χ3v) is 3.68. The van der Waals surface area contributed by atoms with E-state index in [4.69, 9.17) is 14.2 Å². The lowest BCUT2D eigenvalue weighted by molar-refractivity contribution is -0.123. The molecule has 0 aliphatic heterocycles. The molecule has 0 atom stereocenters. The van der Waals surface area contributed by atoms with Gasteiger partial charge in [-0.05, 0) is 45.0 Å². The molecule has 0 aliphatic carbocycles. The Hall–Kier alpha value is -3.55. The molecule has 0 aliphatic rings. The smallest absolute Gasteiger partial charge is 0.338 e. The minimum Gasteiger partial charge on any atom is -0.490 e. The molecular formula is C21H24N2O6. The topological polar surface area (TPSA) is 103 Å². The summed E-state index contributed by atoms with van der Waals surface area (Å²) in [7, 11) is 0. The Morgan fingerprint density at radius 2 is 1.55 bits per heavy atom. The summed E-state index contributed by atoms with van der Waals surface area (Å²) in [5.74, 6) is -0.364. The van der Waals surface area contributed by atoms with Crippen molar-refractivity contribution in [3.05, 3.63) is 53.6 Å². The number of hydrogen-bond acceptors (Lipinski definition) is 6. The third kappa shape index (κ3) is 6.84. The Kier molecular flexibility index (Phi) is 8.02. The van der Waals surface area contributed by atoms with E-state index in [-0.39, 0.29) is 0 Å². The van der Waals surface area contributed by atoms with Crippen molar-refractivity contribution in [2.45, 2.75) is 20.8 Å². The maximum atomic E-state index is 12.0. The molecule has 2 rings (SSSR count). The summed E-state index contributed by atoms with van der Waals surface area (Å²) >= 11 is 0. The molecule has 0 radical (unpaired) electrons. The predicted molar refractivity (Wildman–Crippen MR) is 107 cm³/mol. The van der Waals surface area contributed by atoms with E-state index in [1.807, 2.05) is 20.8 Å². The zero-order chi connectivity index (χ0) is 21.2. The number of anilines is 1. The van der Waals surface area contributed by atoms with E-state index in [0.717, 1.165) is 5.56 Å². The molecular weight excluding hydrogens is 376 g/mol. The van der Waals surface area contributed by atoms with Gasteiger partial charge in [0, 0.05) is 11.8 Å². The van der Waals surface area contributed by atoms with E-state index in [2.05, 4.69) is 10.6 Å². The average molecular weight is 400 g/mol. The summed E-state index contributed by atoms with van der Waals surface area (Å²) in [6.45, 7) is 5.91. The van der Waals surface area contributed by atoms with Gasteiger partial charge in [-0.15, -0.1) is 0 Å². The van der Waals surface area contributed by atoms with Crippen LogP contribution in [0.2, 0.25) is 0 Å². The maximum Gasteiger partial charge on any atom is 0.338 e. The normalized spacial score (nSPS) is 10.0. The van der Waals surface area contributed by atoms with Gasteiger partial charge in [0.25, 0.3) is 5.91 Å². The number of carbonyl (C=O) groups is 3. The largest absolute Gasteiger partial charge is 0.490 e. The zero-order valence-electron chi connectivity index (χ0n) is 16.6. The number of carbonyl (C=O) groups excluding carboxylic acids is 3. The molecule has 8 nitrogen and oxygen atoms in total. The van der Waals surface area contributed by atoms with Gasteiger partial charge >= 0.3 is 12.0 Å². The zero-order valence-corrected chi connectivity index (χ0v) is 16.6. The van der Waals surface area contributed by atoms with E-state index in [1.165, 1.54) is 0 Å². The van der Waals surface area contributed by atoms with Gasteiger partial charge in [0.1, 0.15) is 0 Å². The summed E-state index contributed by atoms with van der Waals surface area (Å²) < 4.78 is 15.8. The highest BCUT2D eigenvalue weighted by Crippen LogP contribution is 2.30. The first-order chi connectivity index (χ1) is 13.9. The van der Waals surface area contributed by atoms with Crippen LogP contribution in [0, 0.1) is 6.92 Å². The van der Waals surface area contributed by atoms with Crippen LogP contribution in [-0.4, -0.2) is 37.7 Å². The van der Waals surface area contributed by atoms with E-state index in [1.54, 1.807) is 42.5 Å². The number of amides is 3. The van der Waals surface area contributed by atoms with Crippen molar-refractivity contribution in [1.29, 1.82) is 0 Å². The monoisotopic (exact) mass is 400 g/mol. The highest BCUT2D eigenvalue weighted by Gasteiger charge is 2.13. The first-order valence-electron chi connectivity index (χ1n) is 9.17. The van der Waals surface area contributed by atoms with Crippen molar-refractivity contribution in [3.8, 4) is 11.5 Å². The Balaban J connectivity index is 1.86. The van der Waals surface area contributed by atoms with Gasteiger partial charge in [-0.2, -0.15) is 0 Å². The highest BCUT2D eigenvalue weighted by atomic mass is 16.5. The summed E-state index contributed by atoms with van der Waals surface area (Å²) in [5, 5.41) is 4.62. The molecule has 2 N–H and O–H groups in total. The van der Waals surface area contributed by atoms with Crippen molar-refractivity contribution >= 4 is 23.6 Å². The Bertz CT molecular complexity index is 864. The van der Waals surface area contributed by atoms with Crippen LogP contribution in [0.1, 0.15) is 29.8 Å². The van der Waals surface area contributed by atoms with E-state index >= 15 is 0 Å². The lowest BCUT2D eigenvalue weighted by Crippen LogP contribution is -2.37. The van der Waals surface area contributed by atoms with E-state index in [9.17, 15) is 14.4 Å². The van der Waals surface area contributed by atoms with Crippen molar-refractivity contribution in [2.24, 2.45) is 0 Å². The molecule has 0 saturated carbocycles. The summed E-state index contributed by atoms with van der Waals surface area (Å²) in [5.41, 5.74) is 1.74. The van der Waals surface area contributed by atoms with Gasteiger partial charge in [-0.1, -0.05) is 17.7 Å². The fourth-order valence-electron chi connectivity index (χ4n) is 2.36. The predicted octanol–water partition coefficient (Wildman–Crippen LogP) is 3.30. The first-order valence-corrected chi connectivity index (χ1v) is 9.17. The quantitative estimate of drug-likeness (QED) is 0.659. The van der Waals surface area contributed by atoms with Crippen LogP contribution in [0.4, 0.5) is 10.5 Å². The minimum atomic E-state index is -0.756. The molecule has 0 bridgehead atoms. The van der Waals surface area contributed by atoms with Gasteiger partial charge in [0.2, 0.25) is 0 Å². The van der Waals surface area contributed by atoms with Gasteiger partial charge in [0.05, 0.1) is 18.8 Å². The summed E-state index contributed by atoms with van der Waals surface area (Å²) in [6.07, 6.45) is 0. The molecule has 8 heteroatoms. The van der Waals surface area contributed by atoms with Crippen LogP contribution in [-0.2, 0) is 9.53 Å². The van der Waals surface area contributed by atoms with Gasteiger partial charge < -0.3 is 19.5 Å². The lowest BCUT2D eigenvalue weighted by atomic mass is 10.1. The number of ether oxygens (including phenoxy) is 3. The number of rotatable bonds is 8. The molecule has 0 unspecified atom stereocenters. The van der Waals surface area contributed by atoms with Gasteiger partial charge in [-0.3, -0.25) is 10.1 Å². The van der Waals surface area contributed by atoms with Crippen LogP contribution in [0.3, 0.4) is 0 Å². The molecule has 29 heavy (non-hydrogen) atoms.